The van der Waals surface area contributed by atoms with Crippen molar-refractivity contribution in [2.24, 2.45) is 0 Å². The number of amides is 1. The number of anilines is 1. The van der Waals surface area contributed by atoms with Gasteiger partial charge in [0.15, 0.2) is 18.2 Å². The molecule has 1 saturated carbocycles. The van der Waals surface area contributed by atoms with Crippen LogP contribution < -0.4 is 4.31 Å². The Kier molecular flexibility index (Phi) is 2.22. The summed E-state index contributed by atoms with van der Waals surface area (Å²) < 4.78 is 13.8. The predicted molar refractivity (Wildman–Crippen MR) is 61.0 cm³/mol. The molecule has 0 N–H and O–H groups in total. The average molecular weight is 252 g/mol. The first-order valence-corrected chi connectivity index (χ1v) is 5.97. The second-order valence-corrected chi connectivity index (χ2v) is 4.84. The fourth-order valence-corrected chi connectivity index (χ4v) is 3.13. The lowest BCUT2D eigenvalue weighted by atomic mass is 9.81. The number of hydrogen-bond donors (Lipinski definition) is 0. The van der Waals surface area contributed by atoms with E-state index in [-0.39, 0.29) is 30.4 Å². The van der Waals surface area contributed by atoms with Crippen molar-refractivity contribution in [3.63, 3.8) is 0 Å². The van der Waals surface area contributed by atoms with Crippen molar-refractivity contribution in [3.05, 3.63) is 23.9 Å². The Bertz CT molecular complexity index is 522. The summed E-state index contributed by atoms with van der Waals surface area (Å²) in [6.45, 7) is 0. The molecule has 1 amide bonds. The minimum atomic E-state index is -0.861. The third-order valence-corrected chi connectivity index (χ3v) is 3.96. The molecule has 0 saturated heterocycles. The second kappa shape index (κ2) is 3.53. The first kappa shape index (κ1) is 10.7. The van der Waals surface area contributed by atoms with Gasteiger partial charge in [-0.2, -0.15) is 0 Å². The highest BCUT2D eigenvalue weighted by Gasteiger charge is 2.55. The van der Waals surface area contributed by atoms with Crippen molar-refractivity contribution in [2.75, 3.05) is 4.31 Å². The summed E-state index contributed by atoms with van der Waals surface area (Å²) in [5, 5.41) is 0. The predicted octanol–water partition coefficient (Wildman–Crippen LogP) is 1.95. The van der Waals surface area contributed by atoms with Crippen LogP contribution >= 0.6 is 12.3 Å². The number of carbonyl (C=O) groups is 2. The molecule has 1 fully saturated rings. The van der Waals surface area contributed by atoms with Gasteiger partial charge < -0.3 is 0 Å². The number of halogens is 1. The van der Waals surface area contributed by atoms with Gasteiger partial charge in [-0.25, -0.2) is 9.29 Å². The van der Waals surface area contributed by atoms with Crippen LogP contribution in [0.2, 0.25) is 0 Å². The monoisotopic (exact) mass is 252 g/mol. The van der Waals surface area contributed by atoms with Gasteiger partial charge in [0.05, 0.1) is 5.41 Å². The van der Waals surface area contributed by atoms with E-state index in [0.717, 1.165) is 4.31 Å². The van der Waals surface area contributed by atoms with Crippen LogP contribution in [0.4, 0.5) is 9.70 Å². The molecule has 0 radical (unpaired) electrons. The van der Waals surface area contributed by atoms with Crippen LogP contribution in [0.25, 0.3) is 0 Å². The number of pyridine rings is 1. The van der Waals surface area contributed by atoms with Gasteiger partial charge in [0, 0.05) is 24.6 Å². The van der Waals surface area contributed by atoms with Crippen LogP contribution in [-0.2, 0) is 15.0 Å². The summed E-state index contributed by atoms with van der Waals surface area (Å²) in [5.41, 5.74) is -0.180. The minimum absolute atomic E-state index is 0.0545. The molecule has 17 heavy (non-hydrogen) atoms. The molecule has 4 nitrogen and oxygen atoms in total. The Hall–Kier alpha value is -1.43. The largest absolute Gasteiger partial charge is 0.300 e. The lowest BCUT2D eigenvalue weighted by Gasteiger charge is -2.19. The Morgan fingerprint density at radius 3 is 2.94 bits per heavy atom. The highest BCUT2D eigenvalue weighted by atomic mass is 32.2. The molecule has 2 aliphatic rings. The molecule has 3 rings (SSSR count). The van der Waals surface area contributed by atoms with E-state index < -0.39 is 5.41 Å². The Morgan fingerprint density at radius 1 is 1.47 bits per heavy atom. The van der Waals surface area contributed by atoms with E-state index in [2.05, 4.69) is 4.98 Å². The van der Waals surface area contributed by atoms with Crippen LogP contribution in [0.3, 0.4) is 0 Å². The lowest BCUT2D eigenvalue weighted by molar-refractivity contribution is -0.124. The zero-order valence-corrected chi connectivity index (χ0v) is 9.67. The molecule has 6 heteroatoms. The van der Waals surface area contributed by atoms with Gasteiger partial charge >= 0.3 is 0 Å². The molecule has 0 aromatic carbocycles. The molecule has 1 aliphatic carbocycles. The average Bonchev–Trinajstić information content (AvgIpc) is 2.83. The van der Waals surface area contributed by atoms with Gasteiger partial charge in [-0.1, -0.05) is 6.07 Å². The molecule has 1 unspecified atom stereocenters. The van der Waals surface area contributed by atoms with Gasteiger partial charge in [-0.15, -0.1) is 3.89 Å². The van der Waals surface area contributed by atoms with Crippen LogP contribution in [0.5, 0.6) is 0 Å². The van der Waals surface area contributed by atoms with Gasteiger partial charge in [-0.05, 0) is 12.5 Å². The molecule has 1 spiro atoms. The van der Waals surface area contributed by atoms with Crippen molar-refractivity contribution in [1.82, 2.24) is 4.98 Å². The standard InChI is InChI=1S/C11H9FN2O2S/c12-17-14-9-8(2-1-5-13-9)11(10(14)16)4-3-7(15)6-11/h1-2,5H,3-4,6H2. The van der Waals surface area contributed by atoms with Crippen LogP contribution in [-0.4, -0.2) is 16.7 Å². The summed E-state index contributed by atoms with van der Waals surface area (Å²) in [6, 6.07) is 3.47. The molecular formula is C11H9FN2O2S. The van der Waals surface area contributed by atoms with E-state index in [1.807, 2.05) is 0 Å². The van der Waals surface area contributed by atoms with Crippen molar-refractivity contribution in [2.45, 2.75) is 24.7 Å². The number of hydrogen-bond acceptors (Lipinski definition) is 4. The van der Waals surface area contributed by atoms with Crippen LogP contribution in [0.1, 0.15) is 24.8 Å². The first-order chi connectivity index (χ1) is 8.19. The van der Waals surface area contributed by atoms with E-state index in [0.29, 0.717) is 24.2 Å². The second-order valence-electron chi connectivity index (χ2n) is 4.34. The smallest absolute Gasteiger partial charge is 0.251 e. The van der Waals surface area contributed by atoms with Crippen molar-refractivity contribution in [3.8, 4) is 0 Å². The number of nitrogens with zero attached hydrogens (tertiary/aromatic N) is 2. The van der Waals surface area contributed by atoms with Crippen molar-refractivity contribution in [1.29, 1.82) is 0 Å². The van der Waals surface area contributed by atoms with E-state index in [4.69, 9.17) is 0 Å². The summed E-state index contributed by atoms with van der Waals surface area (Å²) in [5.74, 6) is 0.0307. The Balaban J connectivity index is 2.19. The third kappa shape index (κ3) is 1.27. The number of fused-ring (bicyclic) bond motifs is 2. The maximum atomic E-state index is 12.9. The van der Waals surface area contributed by atoms with Crippen molar-refractivity contribution < 1.29 is 13.5 Å². The fourth-order valence-electron chi connectivity index (χ4n) is 2.68. The number of rotatable bonds is 1. The molecule has 1 aliphatic heterocycles. The molecule has 0 bridgehead atoms. The molecular weight excluding hydrogens is 243 g/mol. The zero-order valence-electron chi connectivity index (χ0n) is 8.85. The summed E-state index contributed by atoms with van der Waals surface area (Å²) in [6.07, 6.45) is 2.53. The van der Waals surface area contributed by atoms with Crippen molar-refractivity contribution >= 4 is 29.8 Å². The Labute approximate surface area is 102 Å². The number of ketones is 1. The van der Waals surface area contributed by atoms with Gasteiger partial charge in [-0.3, -0.25) is 9.59 Å². The maximum absolute atomic E-state index is 12.9. The van der Waals surface area contributed by atoms with E-state index >= 15 is 0 Å². The molecule has 2 heterocycles. The normalized spacial score (nSPS) is 27.0. The van der Waals surface area contributed by atoms with Crippen LogP contribution in [0, 0.1) is 0 Å². The van der Waals surface area contributed by atoms with E-state index in [1.54, 1.807) is 12.1 Å². The summed E-state index contributed by atoms with van der Waals surface area (Å²) in [4.78, 5) is 27.7. The molecule has 1 aromatic heterocycles. The summed E-state index contributed by atoms with van der Waals surface area (Å²) >= 11 is -0.145. The number of carbonyl (C=O) groups excluding carboxylic acids is 2. The topological polar surface area (TPSA) is 50.3 Å². The molecule has 1 atom stereocenters. The van der Waals surface area contributed by atoms with Gasteiger partial charge in [0.1, 0.15) is 5.78 Å². The third-order valence-electron chi connectivity index (χ3n) is 3.49. The molecule has 1 aromatic rings. The van der Waals surface area contributed by atoms with Crippen LogP contribution in [0.15, 0.2) is 18.3 Å². The quantitative estimate of drug-likeness (QED) is 0.717. The fraction of sp³-hybridized carbons (Fsp3) is 0.364. The SMILES string of the molecule is O=C1CCC2(C1)C(=O)N(SF)c1ncccc12. The number of Topliss-reactive ketones (excluding diaryl/α,β-unsaturated/α-hetero) is 1. The minimum Gasteiger partial charge on any atom is -0.300 e. The maximum Gasteiger partial charge on any atom is 0.251 e. The number of aromatic nitrogens is 1. The van der Waals surface area contributed by atoms with E-state index in [9.17, 15) is 13.5 Å². The summed E-state index contributed by atoms with van der Waals surface area (Å²) in [7, 11) is 0. The molecule has 88 valence electrons. The first-order valence-electron chi connectivity index (χ1n) is 5.29. The van der Waals surface area contributed by atoms with Gasteiger partial charge in [0.25, 0.3) is 5.91 Å². The Morgan fingerprint density at radius 2 is 2.29 bits per heavy atom. The zero-order chi connectivity index (χ0) is 12.0. The highest BCUT2D eigenvalue weighted by Crippen LogP contribution is 2.51. The van der Waals surface area contributed by atoms with E-state index in [1.165, 1.54) is 6.20 Å². The van der Waals surface area contributed by atoms with Gasteiger partial charge in [0.2, 0.25) is 0 Å². The lowest BCUT2D eigenvalue weighted by Crippen LogP contribution is -2.35. The highest BCUT2D eigenvalue weighted by molar-refractivity contribution is 7.96.